The molecule has 2 aliphatic heterocycles. The fourth-order valence-electron chi connectivity index (χ4n) is 4.56. The predicted molar refractivity (Wildman–Crippen MR) is 99.5 cm³/mol. The van der Waals surface area contributed by atoms with Crippen molar-refractivity contribution in [1.29, 1.82) is 5.26 Å². The van der Waals surface area contributed by atoms with Gasteiger partial charge in [-0.3, -0.25) is 9.69 Å². The molecule has 0 saturated carbocycles. The fourth-order valence-corrected chi connectivity index (χ4v) is 4.56. The van der Waals surface area contributed by atoms with Crippen LogP contribution in [0.15, 0.2) is 6.07 Å². The van der Waals surface area contributed by atoms with Crippen LogP contribution in [0.25, 0.3) is 0 Å². The SMILES string of the molecule is COCCN1C[C@@]2(CCCN(Cc3cc(C#N)n(C)c3C)C2)CCC1=O. The van der Waals surface area contributed by atoms with Crippen LogP contribution in [0.3, 0.4) is 0 Å². The lowest BCUT2D eigenvalue weighted by Crippen LogP contribution is -2.54. The quantitative estimate of drug-likeness (QED) is 0.808. The molecule has 1 amide bonds. The van der Waals surface area contributed by atoms with Gasteiger partial charge in [0, 0.05) is 57.9 Å². The Morgan fingerprint density at radius 2 is 2.15 bits per heavy atom. The number of nitriles is 1. The lowest BCUT2D eigenvalue weighted by atomic mass is 9.73. The first kappa shape index (κ1) is 18.9. The number of methoxy groups -OCH3 is 1. The number of amides is 1. The third kappa shape index (κ3) is 3.79. The monoisotopic (exact) mass is 358 g/mol. The highest BCUT2D eigenvalue weighted by Gasteiger charge is 2.41. The van der Waals surface area contributed by atoms with E-state index in [1.807, 2.05) is 22.6 Å². The zero-order valence-corrected chi connectivity index (χ0v) is 16.3. The van der Waals surface area contributed by atoms with Gasteiger partial charge in [-0.15, -0.1) is 0 Å². The van der Waals surface area contributed by atoms with Gasteiger partial charge >= 0.3 is 0 Å². The maximum Gasteiger partial charge on any atom is 0.222 e. The molecule has 2 fully saturated rings. The number of ether oxygens (including phenoxy) is 1. The molecule has 2 aliphatic rings. The molecular weight excluding hydrogens is 328 g/mol. The number of hydrogen-bond acceptors (Lipinski definition) is 4. The molecule has 1 aromatic rings. The Morgan fingerprint density at radius 3 is 2.85 bits per heavy atom. The maximum absolute atomic E-state index is 12.2. The summed E-state index contributed by atoms with van der Waals surface area (Å²) in [4.78, 5) is 16.7. The Hall–Kier alpha value is -1.84. The van der Waals surface area contributed by atoms with Crippen LogP contribution in [0.2, 0.25) is 0 Å². The van der Waals surface area contributed by atoms with Crippen molar-refractivity contribution in [3.63, 3.8) is 0 Å². The predicted octanol–water partition coefficient (Wildman–Crippen LogP) is 2.06. The molecule has 0 N–H and O–H groups in total. The van der Waals surface area contributed by atoms with Crippen LogP contribution in [0.1, 0.15) is 42.6 Å². The molecule has 142 valence electrons. The number of rotatable bonds is 5. The van der Waals surface area contributed by atoms with Crippen LogP contribution in [0.5, 0.6) is 0 Å². The average molecular weight is 358 g/mol. The Morgan fingerprint density at radius 1 is 1.35 bits per heavy atom. The van der Waals surface area contributed by atoms with Gasteiger partial charge in [0.2, 0.25) is 5.91 Å². The molecule has 6 nitrogen and oxygen atoms in total. The molecule has 0 bridgehead atoms. The van der Waals surface area contributed by atoms with E-state index >= 15 is 0 Å². The molecule has 0 radical (unpaired) electrons. The molecule has 3 heterocycles. The van der Waals surface area contributed by atoms with Crippen molar-refractivity contribution >= 4 is 5.91 Å². The highest BCUT2D eigenvalue weighted by Crippen LogP contribution is 2.39. The van der Waals surface area contributed by atoms with Crippen molar-refractivity contribution < 1.29 is 9.53 Å². The van der Waals surface area contributed by atoms with Gasteiger partial charge in [0.15, 0.2) is 0 Å². The van der Waals surface area contributed by atoms with Crippen LogP contribution in [-0.4, -0.2) is 60.2 Å². The van der Waals surface area contributed by atoms with Crippen molar-refractivity contribution in [2.75, 3.05) is 39.9 Å². The molecule has 1 atom stereocenters. The molecule has 0 aromatic carbocycles. The maximum atomic E-state index is 12.2. The summed E-state index contributed by atoms with van der Waals surface area (Å²) in [6, 6.07) is 4.29. The lowest BCUT2D eigenvalue weighted by Gasteiger charge is -2.48. The standard InChI is InChI=1S/C20H30N4O2/c1-16-17(11-18(12-21)22(16)2)13-23-8-4-6-20(14-23)7-5-19(25)24(15-20)9-10-26-3/h11H,4-10,13-15H2,1-3H3/t20-/m0/s1. The van der Waals surface area contributed by atoms with Gasteiger partial charge in [-0.2, -0.15) is 5.26 Å². The Kier molecular flexibility index (Phi) is 5.69. The highest BCUT2D eigenvalue weighted by molar-refractivity contribution is 5.77. The summed E-state index contributed by atoms with van der Waals surface area (Å²) >= 11 is 0. The van der Waals surface area contributed by atoms with Gasteiger partial charge in [0.05, 0.1) is 6.61 Å². The Bertz CT molecular complexity index is 705. The van der Waals surface area contributed by atoms with Crippen molar-refractivity contribution in [2.45, 2.75) is 39.2 Å². The molecule has 26 heavy (non-hydrogen) atoms. The van der Waals surface area contributed by atoms with E-state index in [1.165, 1.54) is 24.1 Å². The van der Waals surface area contributed by atoms with Gasteiger partial charge in [0.1, 0.15) is 11.8 Å². The topological polar surface area (TPSA) is 61.5 Å². The number of piperidine rings is 2. The summed E-state index contributed by atoms with van der Waals surface area (Å²) in [5.74, 6) is 0.266. The van der Waals surface area contributed by atoms with Crippen molar-refractivity contribution in [1.82, 2.24) is 14.4 Å². The molecule has 1 aromatic heterocycles. The number of carbonyl (C=O) groups is 1. The summed E-state index contributed by atoms with van der Waals surface area (Å²) in [6.45, 7) is 7.23. The number of aromatic nitrogens is 1. The van der Waals surface area contributed by atoms with Crippen LogP contribution < -0.4 is 0 Å². The van der Waals surface area contributed by atoms with E-state index in [1.54, 1.807) is 7.11 Å². The van der Waals surface area contributed by atoms with Crippen molar-refractivity contribution in [2.24, 2.45) is 12.5 Å². The van der Waals surface area contributed by atoms with Gasteiger partial charge in [0.25, 0.3) is 0 Å². The molecule has 3 rings (SSSR count). The molecule has 0 unspecified atom stereocenters. The number of carbonyl (C=O) groups excluding carboxylic acids is 1. The average Bonchev–Trinajstić information content (AvgIpc) is 2.91. The van der Waals surface area contributed by atoms with Crippen LogP contribution in [0, 0.1) is 23.7 Å². The van der Waals surface area contributed by atoms with E-state index in [-0.39, 0.29) is 11.3 Å². The highest BCUT2D eigenvalue weighted by atomic mass is 16.5. The van der Waals surface area contributed by atoms with E-state index in [0.717, 1.165) is 38.3 Å². The first-order valence-electron chi connectivity index (χ1n) is 9.52. The summed E-state index contributed by atoms with van der Waals surface area (Å²) in [6.07, 6.45) is 4.00. The lowest BCUT2D eigenvalue weighted by molar-refractivity contribution is -0.140. The molecule has 2 saturated heterocycles. The molecular formula is C20H30N4O2. The summed E-state index contributed by atoms with van der Waals surface area (Å²) in [5.41, 5.74) is 3.34. The smallest absolute Gasteiger partial charge is 0.222 e. The van der Waals surface area contributed by atoms with Crippen molar-refractivity contribution in [3.05, 3.63) is 23.0 Å². The van der Waals surface area contributed by atoms with E-state index < -0.39 is 0 Å². The van der Waals surface area contributed by atoms with Crippen LogP contribution in [0.4, 0.5) is 0 Å². The Balaban J connectivity index is 1.69. The molecule has 6 heteroatoms. The second-order valence-electron chi connectivity index (χ2n) is 7.93. The minimum Gasteiger partial charge on any atom is -0.383 e. The largest absolute Gasteiger partial charge is 0.383 e. The van der Waals surface area contributed by atoms with E-state index in [4.69, 9.17) is 4.74 Å². The third-order valence-electron chi connectivity index (χ3n) is 6.20. The zero-order chi connectivity index (χ0) is 18.7. The zero-order valence-electron chi connectivity index (χ0n) is 16.3. The normalized spacial score (nSPS) is 24.2. The van der Waals surface area contributed by atoms with Gasteiger partial charge in [-0.05, 0) is 44.4 Å². The van der Waals surface area contributed by atoms with E-state index in [2.05, 4.69) is 17.9 Å². The summed E-state index contributed by atoms with van der Waals surface area (Å²) in [5, 5.41) is 9.25. The number of hydrogen-bond donors (Lipinski definition) is 0. The first-order chi connectivity index (χ1) is 12.5. The summed E-state index contributed by atoms with van der Waals surface area (Å²) < 4.78 is 7.15. The van der Waals surface area contributed by atoms with Gasteiger partial charge in [-0.1, -0.05) is 0 Å². The van der Waals surface area contributed by atoms with Gasteiger partial charge < -0.3 is 14.2 Å². The Labute approximate surface area is 156 Å². The third-order valence-corrected chi connectivity index (χ3v) is 6.20. The second kappa shape index (κ2) is 7.81. The van der Waals surface area contributed by atoms with Crippen molar-refractivity contribution in [3.8, 4) is 6.07 Å². The second-order valence-corrected chi connectivity index (χ2v) is 7.93. The summed E-state index contributed by atoms with van der Waals surface area (Å²) in [7, 11) is 3.64. The minimum absolute atomic E-state index is 0.209. The minimum atomic E-state index is 0.209. The first-order valence-corrected chi connectivity index (χ1v) is 9.52. The number of likely N-dealkylation sites (tertiary alicyclic amines) is 2. The molecule has 1 spiro atoms. The fraction of sp³-hybridized carbons (Fsp3) is 0.700. The van der Waals surface area contributed by atoms with E-state index in [9.17, 15) is 10.1 Å². The van der Waals surface area contributed by atoms with Crippen LogP contribution >= 0.6 is 0 Å². The molecule has 0 aliphatic carbocycles. The van der Waals surface area contributed by atoms with E-state index in [0.29, 0.717) is 19.6 Å². The van der Waals surface area contributed by atoms with Gasteiger partial charge in [-0.25, -0.2) is 0 Å². The number of nitrogens with zero attached hydrogens (tertiary/aromatic N) is 4. The van der Waals surface area contributed by atoms with Crippen LogP contribution in [-0.2, 0) is 23.1 Å².